The summed E-state index contributed by atoms with van der Waals surface area (Å²) in [7, 11) is 3.91. The van der Waals surface area contributed by atoms with E-state index in [1.807, 2.05) is 55.5 Å². The van der Waals surface area contributed by atoms with Gasteiger partial charge >= 0.3 is 6.09 Å². The fourth-order valence-electron chi connectivity index (χ4n) is 2.12. The topological polar surface area (TPSA) is 83.4 Å². The van der Waals surface area contributed by atoms with Crippen molar-refractivity contribution in [2.24, 2.45) is 0 Å². The van der Waals surface area contributed by atoms with E-state index >= 15 is 0 Å². The van der Waals surface area contributed by atoms with Crippen LogP contribution >= 0.6 is 28.0 Å². The molecule has 150 valence electrons. The van der Waals surface area contributed by atoms with E-state index in [2.05, 4.69) is 10.0 Å². The zero-order valence-electron chi connectivity index (χ0n) is 15.5. The minimum Gasteiger partial charge on any atom is -0.458 e. The third kappa shape index (κ3) is 6.25. The SMILES string of the molecule is CCNSSC(=N)C(OC(=O)NC)P(=S)(Oc1ccccc1)c1ccccc1. The third-order valence-electron chi connectivity index (χ3n) is 3.39. The largest absolute Gasteiger partial charge is 0.458 e. The first-order valence-corrected chi connectivity index (χ1v) is 13.4. The Kier molecular flexibility index (Phi) is 9.34. The van der Waals surface area contributed by atoms with Crippen LogP contribution < -0.4 is 19.9 Å². The van der Waals surface area contributed by atoms with Gasteiger partial charge in [0.15, 0.2) is 6.26 Å². The van der Waals surface area contributed by atoms with E-state index in [0.29, 0.717) is 5.75 Å². The van der Waals surface area contributed by atoms with Crippen LogP contribution in [0.15, 0.2) is 60.7 Å². The van der Waals surface area contributed by atoms with Gasteiger partial charge in [0.2, 0.25) is 5.85 Å². The lowest BCUT2D eigenvalue weighted by Gasteiger charge is -2.31. The molecule has 2 atom stereocenters. The summed E-state index contributed by atoms with van der Waals surface area (Å²) < 4.78 is 14.9. The van der Waals surface area contributed by atoms with Crippen molar-refractivity contribution < 1.29 is 14.1 Å². The highest BCUT2D eigenvalue weighted by atomic mass is 33.1. The lowest BCUT2D eigenvalue weighted by atomic mass is 10.3. The maximum Gasteiger partial charge on any atom is 0.408 e. The Hall–Kier alpha value is -1.51. The van der Waals surface area contributed by atoms with Crippen LogP contribution in [0.5, 0.6) is 5.75 Å². The zero-order chi connectivity index (χ0) is 20.4. The van der Waals surface area contributed by atoms with Crippen molar-refractivity contribution in [1.29, 1.82) is 5.41 Å². The first-order chi connectivity index (χ1) is 13.5. The van der Waals surface area contributed by atoms with Gasteiger partial charge in [0, 0.05) is 18.9 Å². The Bertz CT molecular complexity index is 825. The molecule has 0 aliphatic heterocycles. The average Bonchev–Trinajstić information content (AvgIpc) is 2.73. The summed E-state index contributed by atoms with van der Waals surface area (Å²) >= 11 is 5.99. The van der Waals surface area contributed by atoms with Gasteiger partial charge in [-0.3, -0.25) is 10.1 Å². The second-order valence-corrected chi connectivity index (χ2v) is 11.4. The number of rotatable bonds is 9. The normalized spacial score (nSPS) is 13.8. The number of ether oxygens (including phenoxy) is 1. The summed E-state index contributed by atoms with van der Waals surface area (Å²) in [5.41, 5.74) is 0. The Labute approximate surface area is 178 Å². The molecular formula is C18H22N3O3PS3. The summed E-state index contributed by atoms with van der Waals surface area (Å²) in [6.45, 7) is 2.70. The van der Waals surface area contributed by atoms with Crippen LogP contribution in [-0.2, 0) is 16.5 Å². The fraction of sp³-hybridized carbons (Fsp3) is 0.222. The van der Waals surface area contributed by atoms with Crippen LogP contribution in [0.4, 0.5) is 4.79 Å². The monoisotopic (exact) mass is 455 g/mol. The van der Waals surface area contributed by atoms with E-state index in [0.717, 1.165) is 22.6 Å². The molecule has 0 aromatic heterocycles. The molecule has 28 heavy (non-hydrogen) atoms. The molecule has 2 rings (SSSR count). The Balaban J connectivity index is 2.46. The molecule has 0 spiro atoms. The Morgan fingerprint density at radius 3 is 2.36 bits per heavy atom. The molecule has 0 saturated heterocycles. The van der Waals surface area contributed by atoms with E-state index < -0.39 is 18.2 Å². The second-order valence-electron chi connectivity index (χ2n) is 5.37. The smallest absolute Gasteiger partial charge is 0.408 e. The lowest BCUT2D eigenvalue weighted by Crippen LogP contribution is -2.34. The highest BCUT2D eigenvalue weighted by Crippen LogP contribution is 2.53. The van der Waals surface area contributed by atoms with Crippen LogP contribution in [0.2, 0.25) is 0 Å². The van der Waals surface area contributed by atoms with Gasteiger partial charge in [0.25, 0.3) is 0 Å². The summed E-state index contributed by atoms with van der Waals surface area (Å²) in [5, 5.41) is 11.8. The van der Waals surface area contributed by atoms with Crippen molar-refractivity contribution in [3.05, 3.63) is 60.7 Å². The predicted octanol–water partition coefficient (Wildman–Crippen LogP) is 4.35. The molecule has 0 fully saturated rings. The molecule has 0 bridgehead atoms. The van der Waals surface area contributed by atoms with Crippen molar-refractivity contribution in [1.82, 2.24) is 10.0 Å². The van der Waals surface area contributed by atoms with Gasteiger partial charge in [-0.05, 0) is 45.7 Å². The van der Waals surface area contributed by atoms with Crippen molar-refractivity contribution in [2.45, 2.75) is 12.8 Å². The van der Waals surface area contributed by atoms with Gasteiger partial charge in [0.05, 0.1) is 0 Å². The molecule has 10 heteroatoms. The van der Waals surface area contributed by atoms with Crippen molar-refractivity contribution in [3.8, 4) is 5.75 Å². The molecule has 6 nitrogen and oxygen atoms in total. The number of carbonyl (C=O) groups is 1. The first kappa shape index (κ1) is 22.8. The van der Waals surface area contributed by atoms with Crippen molar-refractivity contribution in [2.75, 3.05) is 13.6 Å². The van der Waals surface area contributed by atoms with E-state index in [9.17, 15) is 4.79 Å². The van der Waals surface area contributed by atoms with E-state index in [1.165, 1.54) is 18.0 Å². The molecule has 1 amide bonds. The lowest BCUT2D eigenvalue weighted by molar-refractivity contribution is 0.153. The van der Waals surface area contributed by atoms with Crippen LogP contribution in [0, 0.1) is 5.41 Å². The highest BCUT2D eigenvalue weighted by molar-refractivity contribution is 8.81. The van der Waals surface area contributed by atoms with Gasteiger partial charge in [-0.1, -0.05) is 55.5 Å². The molecule has 0 radical (unpaired) electrons. The Morgan fingerprint density at radius 1 is 1.18 bits per heavy atom. The third-order valence-corrected chi connectivity index (χ3v) is 9.50. The number of benzene rings is 2. The maximum absolute atomic E-state index is 12.0. The van der Waals surface area contributed by atoms with Gasteiger partial charge in [0.1, 0.15) is 10.8 Å². The first-order valence-electron chi connectivity index (χ1n) is 8.44. The van der Waals surface area contributed by atoms with Crippen LogP contribution in [0.25, 0.3) is 0 Å². The summed E-state index contributed by atoms with van der Waals surface area (Å²) in [4.78, 5) is 12.0. The molecule has 2 aromatic carbocycles. The summed E-state index contributed by atoms with van der Waals surface area (Å²) in [5.74, 6) is -0.460. The van der Waals surface area contributed by atoms with Crippen molar-refractivity contribution >= 4 is 56.3 Å². The van der Waals surface area contributed by atoms with Gasteiger partial charge < -0.3 is 14.6 Å². The minimum atomic E-state index is -3.01. The molecule has 2 unspecified atom stereocenters. The zero-order valence-corrected chi connectivity index (χ0v) is 18.8. The molecule has 3 N–H and O–H groups in total. The van der Waals surface area contributed by atoms with Crippen LogP contribution in [-0.4, -0.2) is 30.6 Å². The molecule has 0 aliphatic rings. The second kappa shape index (κ2) is 11.5. The molecule has 0 saturated carbocycles. The molecule has 2 aromatic rings. The van der Waals surface area contributed by atoms with Gasteiger partial charge in [-0.2, -0.15) is 0 Å². The van der Waals surface area contributed by atoms with Crippen molar-refractivity contribution in [3.63, 3.8) is 0 Å². The van der Waals surface area contributed by atoms with Gasteiger partial charge in [-0.25, -0.2) is 4.79 Å². The predicted molar refractivity (Wildman–Crippen MR) is 123 cm³/mol. The highest BCUT2D eigenvalue weighted by Gasteiger charge is 2.40. The van der Waals surface area contributed by atoms with Crippen LogP contribution in [0.3, 0.4) is 0 Å². The van der Waals surface area contributed by atoms with Crippen LogP contribution in [0.1, 0.15) is 6.92 Å². The van der Waals surface area contributed by atoms with Gasteiger partial charge in [-0.15, -0.1) is 0 Å². The number of hydrogen-bond acceptors (Lipinski definition) is 8. The number of carbonyl (C=O) groups excluding carboxylic acids is 1. The number of nitrogens with one attached hydrogen (secondary N) is 3. The fourth-order valence-corrected chi connectivity index (χ4v) is 7.70. The molecule has 0 heterocycles. The molecular weight excluding hydrogens is 433 g/mol. The number of alkyl carbamates (subject to hydrolysis) is 1. The maximum atomic E-state index is 12.0. The standard InChI is InChI=1S/C18H22N3O3PS3/c1-3-21-28-27-16(19)17(23-18(22)20-2)25(26,15-12-8-5-9-13-15)24-14-10-6-4-7-11-14/h4-13,17,19,21H,3H2,1-2H3,(H,20,22). The van der Waals surface area contributed by atoms with E-state index in [1.54, 1.807) is 12.1 Å². The average molecular weight is 456 g/mol. The number of hydrogen-bond donors (Lipinski definition) is 3. The Morgan fingerprint density at radius 2 is 1.79 bits per heavy atom. The number of para-hydroxylation sites is 1. The van der Waals surface area contributed by atoms with E-state index in [4.69, 9.17) is 26.5 Å². The summed E-state index contributed by atoms with van der Waals surface area (Å²) in [6, 6.07) is 18.4. The summed E-state index contributed by atoms with van der Waals surface area (Å²) in [6.07, 6.45) is -3.67. The minimum absolute atomic E-state index is 0.109. The quantitative estimate of drug-likeness (QED) is 0.129. The molecule has 0 aliphatic carbocycles. The van der Waals surface area contributed by atoms with E-state index in [-0.39, 0.29) is 5.04 Å². The number of amides is 1.